The maximum absolute atomic E-state index is 13.9. The largest absolute Gasteiger partial charge is 0.490 e. The van der Waals surface area contributed by atoms with Gasteiger partial charge in [0.25, 0.3) is 11.1 Å². The molecule has 1 aliphatic heterocycles. The number of unbranched alkanes of at least 4 members (excludes halogenated alkanes) is 1. The van der Waals surface area contributed by atoms with Crippen LogP contribution in [0.15, 0.2) is 47.4 Å². The Labute approximate surface area is 179 Å². The lowest BCUT2D eigenvalue weighted by molar-refractivity contribution is -0.123. The van der Waals surface area contributed by atoms with Crippen LogP contribution < -0.4 is 9.47 Å². The normalized spacial score (nSPS) is 15.2. The summed E-state index contributed by atoms with van der Waals surface area (Å²) < 4.78 is 25.4. The number of carbonyl (C=O) groups is 2. The second-order valence-electron chi connectivity index (χ2n) is 6.70. The van der Waals surface area contributed by atoms with Gasteiger partial charge in [-0.3, -0.25) is 14.5 Å². The molecular formula is C23H24FNO4S. The van der Waals surface area contributed by atoms with E-state index in [0.29, 0.717) is 35.2 Å². The summed E-state index contributed by atoms with van der Waals surface area (Å²) in [4.78, 5) is 26.4. The first-order valence-electron chi connectivity index (χ1n) is 9.92. The Morgan fingerprint density at radius 1 is 1.07 bits per heavy atom. The van der Waals surface area contributed by atoms with Gasteiger partial charge in [0, 0.05) is 5.56 Å². The number of amides is 2. The molecule has 1 aliphatic rings. The predicted octanol–water partition coefficient (Wildman–Crippen LogP) is 5.64. The van der Waals surface area contributed by atoms with Crippen molar-refractivity contribution in [2.75, 3.05) is 13.2 Å². The monoisotopic (exact) mass is 429 g/mol. The average Bonchev–Trinajstić information content (AvgIpc) is 2.99. The van der Waals surface area contributed by atoms with E-state index in [4.69, 9.17) is 9.47 Å². The minimum absolute atomic E-state index is 0.0942. The SMILES string of the molecule is CCCCOc1ccc(/C=C2\SC(=O)N(Cc3ccccc3F)C2=O)cc1OCC. The van der Waals surface area contributed by atoms with Crippen molar-refractivity contribution in [3.63, 3.8) is 0 Å². The molecule has 0 aromatic heterocycles. The molecule has 0 radical (unpaired) electrons. The molecule has 1 fully saturated rings. The number of benzene rings is 2. The molecular weight excluding hydrogens is 405 g/mol. The lowest BCUT2D eigenvalue weighted by atomic mass is 10.1. The summed E-state index contributed by atoms with van der Waals surface area (Å²) in [5.74, 6) is 0.359. The van der Waals surface area contributed by atoms with Crippen molar-refractivity contribution in [3.8, 4) is 11.5 Å². The highest BCUT2D eigenvalue weighted by atomic mass is 32.2. The van der Waals surface area contributed by atoms with E-state index in [-0.39, 0.29) is 6.54 Å². The highest BCUT2D eigenvalue weighted by Crippen LogP contribution is 2.35. The Morgan fingerprint density at radius 3 is 2.60 bits per heavy atom. The van der Waals surface area contributed by atoms with Gasteiger partial charge < -0.3 is 9.47 Å². The Kier molecular flexibility index (Phi) is 7.52. The summed E-state index contributed by atoms with van der Waals surface area (Å²) in [6.07, 6.45) is 3.62. The van der Waals surface area contributed by atoms with Crippen molar-refractivity contribution >= 4 is 29.0 Å². The van der Waals surface area contributed by atoms with E-state index >= 15 is 0 Å². The third-order valence-electron chi connectivity index (χ3n) is 4.48. The number of ether oxygens (including phenoxy) is 2. The van der Waals surface area contributed by atoms with E-state index < -0.39 is 17.0 Å². The standard InChI is InChI=1S/C23H24FNO4S/c1-3-5-12-29-19-11-10-16(13-20(19)28-4-2)14-21-22(26)25(23(27)30-21)15-17-8-6-7-9-18(17)24/h6-11,13-14H,3-5,12,15H2,1-2H3/b21-14-. The first-order chi connectivity index (χ1) is 14.5. The number of halogens is 1. The number of thioether (sulfide) groups is 1. The predicted molar refractivity (Wildman–Crippen MR) is 116 cm³/mol. The van der Waals surface area contributed by atoms with Gasteiger partial charge in [-0.25, -0.2) is 4.39 Å². The molecule has 0 atom stereocenters. The second-order valence-corrected chi connectivity index (χ2v) is 7.69. The van der Waals surface area contributed by atoms with Crippen LogP contribution in [0.25, 0.3) is 6.08 Å². The fraction of sp³-hybridized carbons (Fsp3) is 0.304. The molecule has 0 unspecified atom stereocenters. The van der Waals surface area contributed by atoms with Gasteiger partial charge in [0.05, 0.1) is 24.7 Å². The maximum Gasteiger partial charge on any atom is 0.293 e. The summed E-state index contributed by atoms with van der Waals surface area (Å²) in [6.45, 7) is 4.96. The van der Waals surface area contributed by atoms with E-state index in [9.17, 15) is 14.0 Å². The van der Waals surface area contributed by atoms with Crippen LogP contribution in [0.3, 0.4) is 0 Å². The Hall–Kier alpha value is -2.80. The molecule has 3 rings (SSSR count). The molecule has 7 heteroatoms. The number of carbonyl (C=O) groups excluding carboxylic acids is 2. The van der Waals surface area contributed by atoms with Crippen molar-refractivity contribution in [2.45, 2.75) is 33.2 Å². The van der Waals surface area contributed by atoms with E-state index in [1.807, 2.05) is 13.0 Å². The maximum atomic E-state index is 13.9. The van der Waals surface area contributed by atoms with E-state index in [0.717, 1.165) is 35.1 Å². The van der Waals surface area contributed by atoms with Gasteiger partial charge in [0.1, 0.15) is 5.82 Å². The van der Waals surface area contributed by atoms with Crippen LogP contribution in [0, 0.1) is 5.82 Å². The Balaban J connectivity index is 1.79. The van der Waals surface area contributed by atoms with Crippen LogP contribution in [-0.2, 0) is 11.3 Å². The molecule has 2 aromatic rings. The summed E-state index contributed by atoms with van der Waals surface area (Å²) in [5.41, 5.74) is 1.02. The zero-order valence-electron chi connectivity index (χ0n) is 17.0. The van der Waals surface area contributed by atoms with Gasteiger partial charge in [0.2, 0.25) is 0 Å². The summed E-state index contributed by atoms with van der Waals surface area (Å²) in [5, 5.41) is -0.418. The third kappa shape index (κ3) is 5.21. The molecule has 2 amide bonds. The fourth-order valence-electron chi connectivity index (χ4n) is 2.91. The first-order valence-corrected chi connectivity index (χ1v) is 10.7. The molecule has 0 N–H and O–H groups in total. The number of hydrogen-bond acceptors (Lipinski definition) is 5. The van der Waals surface area contributed by atoms with Crippen molar-refractivity contribution in [3.05, 3.63) is 64.3 Å². The minimum Gasteiger partial charge on any atom is -0.490 e. The molecule has 30 heavy (non-hydrogen) atoms. The lowest BCUT2D eigenvalue weighted by Gasteiger charge is -2.13. The fourth-order valence-corrected chi connectivity index (χ4v) is 3.75. The Morgan fingerprint density at radius 2 is 1.87 bits per heavy atom. The highest BCUT2D eigenvalue weighted by molar-refractivity contribution is 8.18. The number of imide groups is 1. The quantitative estimate of drug-likeness (QED) is 0.381. The summed E-state index contributed by atoms with van der Waals surface area (Å²) in [7, 11) is 0. The number of nitrogens with zero attached hydrogens (tertiary/aromatic N) is 1. The van der Waals surface area contributed by atoms with Crippen LogP contribution in [0.2, 0.25) is 0 Å². The van der Waals surface area contributed by atoms with Crippen molar-refractivity contribution in [1.82, 2.24) is 4.90 Å². The van der Waals surface area contributed by atoms with Crippen LogP contribution in [0.5, 0.6) is 11.5 Å². The first kappa shape index (κ1) is 21.9. The van der Waals surface area contributed by atoms with Crippen LogP contribution >= 0.6 is 11.8 Å². The summed E-state index contributed by atoms with van der Waals surface area (Å²) in [6, 6.07) is 11.5. The molecule has 2 aromatic carbocycles. The van der Waals surface area contributed by atoms with Crippen molar-refractivity contribution in [1.29, 1.82) is 0 Å². The van der Waals surface area contributed by atoms with Gasteiger partial charge in [0.15, 0.2) is 11.5 Å². The zero-order chi connectivity index (χ0) is 21.5. The van der Waals surface area contributed by atoms with Crippen molar-refractivity contribution in [2.24, 2.45) is 0 Å². The Bertz CT molecular complexity index is 960. The summed E-state index contributed by atoms with van der Waals surface area (Å²) >= 11 is 0.846. The van der Waals surface area contributed by atoms with Crippen LogP contribution in [-0.4, -0.2) is 29.3 Å². The molecule has 0 saturated carbocycles. The topological polar surface area (TPSA) is 55.8 Å². The molecule has 5 nitrogen and oxygen atoms in total. The molecule has 158 valence electrons. The van der Waals surface area contributed by atoms with Crippen LogP contribution in [0.4, 0.5) is 9.18 Å². The van der Waals surface area contributed by atoms with Gasteiger partial charge >= 0.3 is 0 Å². The zero-order valence-corrected chi connectivity index (χ0v) is 17.8. The van der Waals surface area contributed by atoms with Crippen LogP contribution in [0.1, 0.15) is 37.8 Å². The van der Waals surface area contributed by atoms with E-state index in [1.165, 1.54) is 6.07 Å². The van der Waals surface area contributed by atoms with Gasteiger partial charge in [-0.1, -0.05) is 37.6 Å². The van der Waals surface area contributed by atoms with Gasteiger partial charge in [-0.05, 0) is 54.9 Å². The second kappa shape index (κ2) is 10.3. The smallest absolute Gasteiger partial charge is 0.293 e. The minimum atomic E-state index is -0.444. The number of hydrogen-bond donors (Lipinski definition) is 0. The third-order valence-corrected chi connectivity index (χ3v) is 5.39. The van der Waals surface area contributed by atoms with Gasteiger partial charge in [-0.15, -0.1) is 0 Å². The van der Waals surface area contributed by atoms with E-state index in [2.05, 4.69) is 6.92 Å². The molecule has 1 heterocycles. The number of rotatable bonds is 9. The van der Waals surface area contributed by atoms with E-state index in [1.54, 1.807) is 36.4 Å². The molecule has 1 saturated heterocycles. The molecule has 0 spiro atoms. The van der Waals surface area contributed by atoms with Crippen molar-refractivity contribution < 1.29 is 23.5 Å². The highest BCUT2D eigenvalue weighted by Gasteiger charge is 2.35. The molecule has 0 bridgehead atoms. The average molecular weight is 430 g/mol. The molecule has 0 aliphatic carbocycles. The van der Waals surface area contributed by atoms with Gasteiger partial charge in [-0.2, -0.15) is 0 Å². The lowest BCUT2D eigenvalue weighted by Crippen LogP contribution is -2.27.